The molecule has 2 rings (SSSR count). The summed E-state index contributed by atoms with van der Waals surface area (Å²) in [6.07, 6.45) is 2.06. The van der Waals surface area contributed by atoms with E-state index in [4.69, 9.17) is 5.73 Å². The molecule has 1 heterocycles. The molecule has 3 N–H and O–H groups in total. The van der Waals surface area contributed by atoms with Crippen molar-refractivity contribution in [1.82, 2.24) is 10.3 Å². The van der Waals surface area contributed by atoms with Crippen molar-refractivity contribution in [3.63, 3.8) is 0 Å². The van der Waals surface area contributed by atoms with E-state index in [1.165, 1.54) is 18.3 Å². The lowest BCUT2D eigenvalue weighted by molar-refractivity contribution is 0.0950. The van der Waals surface area contributed by atoms with Crippen LogP contribution in [0.2, 0.25) is 0 Å². The summed E-state index contributed by atoms with van der Waals surface area (Å²) in [6.45, 7) is 0.401. The molecule has 0 unspecified atom stereocenters. The van der Waals surface area contributed by atoms with Crippen LogP contribution in [0.3, 0.4) is 0 Å². The third-order valence-corrected chi connectivity index (χ3v) is 2.64. The zero-order valence-corrected chi connectivity index (χ0v) is 10.3. The number of hydrogen-bond acceptors (Lipinski definition) is 3. The number of nitrogens with zero attached hydrogens (tertiary/aromatic N) is 1. The fourth-order valence-electron chi connectivity index (χ4n) is 1.70. The lowest BCUT2D eigenvalue weighted by Gasteiger charge is -2.06. The molecule has 0 bridgehead atoms. The number of rotatable bonds is 4. The van der Waals surface area contributed by atoms with Crippen molar-refractivity contribution in [3.8, 4) is 0 Å². The van der Waals surface area contributed by atoms with Crippen molar-refractivity contribution in [1.29, 1.82) is 0 Å². The summed E-state index contributed by atoms with van der Waals surface area (Å²) in [5.74, 6) is -0.604. The minimum atomic E-state index is -0.325. The van der Waals surface area contributed by atoms with Gasteiger partial charge in [0.15, 0.2) is 5.69 Å². The van der Waals surface area contributed by atoms with Gasteiger partial charge >= 0.3 is 0 Å². The summed E-state index contributed by atoms with van der Waals surface area (Å²) >= 11 is 0. The van der Waals surface area contributed by atoms with E-state index < -0.39 is 0 Å². The van der Waals surface area contributed by atoms with Gasteiger partial charge in [-0.05, 0) is 36.2 Å². The molecular formula is C14H14FN3O. The SMILES string of the molecule is Nc1cccnc1C(=O)NCCc1cccc(F)c1. The van der Waals surface area contributed by atoms with Gasteiger partial charge < -0.3 is 11.1 Å². The van der Waals surface area contributed by atoms with Crippen LogP contribution in [0, 0.1) is 5.82 Å². The number of carbonyl (C=O) groups excluding carboxylic acids is 1. The second-order valence-electron chi connectivity index (χ2n) is 4.08. The van der Waals surface area contributed by atoms with Gasteiger partial charge in [-0.2, -0.15) is 0 Å². The standard InChI is InChI=1S/C14H14FN3O/c15-11-4-1-3-10(9-11)6-8-18-14(19)13-12(16)5-2-7-17-13/h1-5,7,9H,6,8,16H2,(H,18,19). The number of nitrogen functional groups attached to an aromatic ring is 1. The maximum atomic E-state index is 13.0. The molecule has 0 radical (unpaired) electrons. The largest absolute Gasteiger partial charge is 0.397 e. The second kappa shape index (κ2) is 5.95. The molecule has 1 amide bonds. The molecule has 0 aliphatic rings. The highest BCUT2D eigenvalue weighted by Gasteiger charge is 2.09. The average molecular weight is 259 g/mol. The highest BCUT2D eigenvalue weighted by Crippen LogP contribution is 2.07. The number of hydrogen-bond donors (Lipinski definition) is 2. The Hall–Kier alpha value is -2.43. The number of pyridine rings is 1. The Balaban J connectivity index is 1.90. The number of halogens is 1. The van der Waals surface area contributed by atoms with E-state index in [2.05, 4.69) is 10.3 Å². The van der Waals surface area contributed by atoms with E-state index in [9.17, 15) is 9.18 Å². The van der Waals surface area contributed by atoms with Crippen molar-refractivity contribution in [2.75, 3.05) is 12.3 Å². The Bertz CT molecular complexity index is 586. The van der Waals surface area contributed by atoms with Gasteiger partial charge in [0.05, 0.1) is 5.69 Å². The molecule has 1 aromatic carbocycles. The number of nitrogens with two attached hydrogens (primary N) is 1. The summed E-state index contributed by atoms with van der Waals surface area (Å²) in [5.41, 5.74) is 7.03. The third kappa shape index (κ3) is 3.51. The maximum Gasteiger partial charge on any atom is 0.272 e. The van der Waals surface area contributed by atoms with Crippen molar-refractivity contribution in [2.45, 2.75) is 6.42 Å². The first-order valence-electron chi connectivity index (χ1n) is 5.90. The molecule has 1 aromatic heterocycles. The summed E-state index contributed by atoms with van der Waals surface area (Å²) in [6, 6.07) is 9.57. The van der Waals surface area contributed by atoms with Gasteiger partial charge in [-0.1, -0.05) is 12.1 Å². The molecule has 0 fully saturated rings. The van der Waals surface area contributed by atoms with Crippen molar-refractivity contribution < 1.29 is 9.18 Å². The predicted molar refractivity (Wildman–Crippen MR) is 71.1 cm³/mol. The second-order valence-corrected chi connectivity index (χ2v) is 4.08. The molecule has 0 aliphatic heterocycles. The molecule has 5 heteroatoms. The van der Waals surface area contributed by atoms with E-state index in [-0.39, 0.29) is 17.4 Å². The number of benzene rings is 1. The zero-order chi connectivity index (χ0) is 13.7. The number of anilines is 1. The molecule has 0 saturated carbocycles. The molecule has 0 spiro atoms. The molecule has 19 heavy (non-hydrogen) atoms. The van der Waals surface area contributed by atoms with Crippen molar-refractivity contribution in [3.05, 3.63) is 59.7 Å². The van der Waals surface area contributed by atoms with Crippen LogP contribution in [-0.4, -0.2) is 17.4 Å². The monoisotopic (exact) mass is 259 g/mol. The first-order valence-corrected chi connectivity index (χ1v) is 5.90. The first kappa shape index (κ1) is 13.0. The van der Waals surface area contributed by atoms with Gasteiger partial charge in [0.2, 0.25) is 0 Å². The number of nitrogens with one attached hydrogen (secondary N) is 1. The Kier molecular flexibility index (Phi) is 4.07. The smallest absolute Gasteiger partial charge is 0.272 e. The first-order chi connectivity index (χ1) is 9.16. The van der Waals surface area contributed by atoms with Gasteiger partial charge in [0, 0.05) is 12.7 Å². The fraction of sp³-hybridized carbons (Fsp3) is 0.143. The lowest BCUT2D eigenvalue weighted by atomic mass is 10.1. The number of amides is 1. The Morgan fingerprint density at radius 3 is 2.89 bits per heavy atom. The van der Waals surface area contributed by atoms with Crippen LogP contribution in [0.4, 0.5) is 10.1 Å². The van der Waals surface area contributed by atoms with Crippen LogP contribution in [-0.2, 0) is 6.42 Å². The van der Waals surface area contributed by atoms with E-state index in [1.807, 2.05) is 6.07 Å². The maximum absolute atomic E-state index is 13.0. The molecule has 98 valence electrons. The fourth-order valence-corrected chi connectivity index (χ4v) is 1.70. The van der Waals surface area contributed by atoms with E-state index in [0.29, 0.717) is 18.7 Å². The van der Waals surface area contributed by atoms with Crippen LogP contribution < -0.4 is 11.1 Å². The van der Waals surface area contributed by atoms with Gasteiger partial charge in [0.1, 0.15) is 5.82 Å². The number of aromatic nitrogens is 1. The van der Waals surface area contributed by atoms with E-state index in [0.717, 1.165) is 5.56 Å². The summed E-state index contributed by atoms with van der Waals surface area (Å²) in [5, 5.41) is 2.70. The average Bonchev–Trinajstić information content (AvgIpc) is 2.39. The predicted octanol–water partition coefficient (Wildman–Crippen LogP) is 1.78. The van der Waals surface area contributed by atoms with Crippen molar-refractivity contribution >= 4 is 11.6 Å². The Morgan fingerprint density at radius 1 is 1.32 bits per heavy atom. The topological polar surface area (TPSA) is 68.0 Å². The minimum absolute atomic E-state index is 0.210. The molecule has 0 aliphatic carbocycles. The summed E-state index contributed by atoms with van der Waals surface area (Å²) in [4.78, 5) is 15.7. The van der Waals surface area contributed by atoms with Crippen LogP contribution in [0.5, 0.6) is 0 Å². The highest BCUT2D eigenvalue weighted by atomic mass is 19.1. The Labute approximate surface area is 110 Å². The zero-order valence-electron chi connectivity index (χ0n) is 10.3. The van der Waals surface area contributed by atoms with Crippen LogP contribution in [0.15, 0.2) is 42.6 Å². The van der Waals surface area contributed by atoms with Crippen LogP contribution in [0.1, 0.15) is 16.1 Å². The van der Waals surface area contributed by atoms with Gasteiger partial charge in [-0.15, -0.1) is 0 Å². The third-order valence-electron chi connectivity index (χ3n) is 2.64. The summed E-state index contributed by atoms with van der Waals surface area (Å²) in [7, 11) is 0. The normalized spacial score (nSPS) is 10.2. The van der Waals surface area contributed by atoms with E-state index in [1.54, 1.807) is 18.2 Å². The lowest BCUT2D eigenvalue weighted by Crippen LogP contribution is -2.27. The van der Waals surface area contributed by atoms with Crippen LogP contribution in [0.25, 0.3) is 0 Å². The molecule has 2 aromatic rings. The molecule has 4 nitrogen and oxygen atoms in total. The van der Waals surface area contributed by atoms with Gasteiger partial charge in [-0.25, -0.2) is 9.37 Å². The van der Waals surface area contributed by atoms with Crippen molar-refractivity contribution in [2.24, 2.45) is 0 Å². The minimum Gasteiger partial charge on any atom is -0.397 e. The summed E-state index contributed by atoms with van der Waals surface area (Å²) < 4.78 is 13.0. The molecular weight excluding hydrogens is 245 g/mol. The highest BCUT2D eigenvalue weighted by molar-refractivity contribution is 5.96. The molecule has 0 atom stereocenters. The number of carbonyl (C=O) groups is 1. The van der Waals surface area contributed by atoms with Gasteiger partial charge in [0.25, 0.3) is 5.91 Å². The van der Waals surface area contributed by atoms with E-state index >= 15 is 0 Å². The van der Waals surface area contributed by atoms with Crippen LogP contribution >= 0.6 is 0 Å². The van der Waals surface area contributed by atoms with Gasteiger partial charge in [-0.3, -0.25) is 4.79 Å². The quantitative estimate of drug-likeness (QED) is 0.879. The Morgan fingerprint density at radius 2 is 2.16 bits per heavy atom. The molecule has 0 saturated heterocycles.